The van der Waals surface area contributed by atoms with Crippen LogP contribution in [-0.4, -0.2) is 28.1 Å². The van der Waals surface area contributed by atoms with Gasteiger partial charge in [0.1, 0.15) is 18.5 Å². The first kappa shape index (κ1) is 18.2. The van der Waals surface area contributed by atoms with Crippen molar-refractivity contribution in [3.63, 3.8) is 0 Å². The van der Waals surface area contributed by atoms with Crippen molar-refractivity contribution in [3.05, 3.63) is 63.2 Å². The Balaban J connectivity index is 1.53. The molecule has 2 aromatic carbocycles. The summed E-state index contributed by atoms with van der Waals surface area (Å²) < 4.78 is 6.74. The number of nitrogens with one attached hydrogen (secondary N) is 1. The third kappa shape index (κ3) is 4.96. The molecule has 1 aliphatic heterocycles. The molecule has 2 atom stereocenters. The number of hydrogen-bond acceptors (Lipinski definition) is 5. The van der Waals surface area contributed by atoms with Crippen molar-refractivity contribution in [2.24, 2.45) is 0 Å². The topological polar surface area (TPSA) is 75.6 Å². The van der Waals surface area contributed by atoms with Crippen molar-refractivity contribution in [1.29, 1.82) is 0 Å². The van der Waals surface area contributed by atoms with Crippen LogP contribution in [0.2, 0.25) is 0 Å². The van der Waals surface area contributed by atoms with Gasteiger partial charge >= 0.3 is 0 Å². The molecule has 0 spiro atoms. The Bertz CT molecular complexity index is 764. The van der Waals surface area contributed by atoms with Gasteiger partial charge in [-0.15, -0.1) is 0 Å². The maximum Gasteiger partial charge on any atom is 0.286 e. The highest BCUT2D eigenvalue weighted by atomic mass is 127. The Labute approximate surface area is 163 Å². The zero-order valence-electron chi connectivity index (χ0n) is 13.1. The van der Waals surface area contributed by atoms with Crippen molar-refractivity contribution in [2.75, 3.05) is 6.61 Å². The number of aliphatic hydroxyl groups is 1. The van der Waals surface area contributed by atoms with Crippen LogP contribution < -0.4 is 10.1 Å². The highest BCUT2D eigenvalue weighted by Crippen LogP contribution is 2.24. The molecular formula is C18H16INO4S. The average Bonchev–Trinajstić information content (AvgIpc) is 2.92. The number of halogens is 1. The standard InChI is InChI=1S/C18H16INO4S/c19-13-5-3-12(4-6-13)15(21)10-24-14-7-1-11(2-8-14)9-16-17(22)20-18(23)25-16/h1-8,15-16,21H,9-10H2,(H,20,22,23). The predicted octanol–water partition coefficient (Wildman–Crippen LogP) is 3.30. The largest absolute Gasteiger partial charge is 0.491 e. The zero-order chi connectivity index (χ0) is 17.8. The number of thioether (sulfide) groups is 1. The van der Waals surface area contributed by atoms with Gasteiger partial charge in [0.2, 0.25) is 5.91 Å². The molecule has 25 heavy (non-hydrogen) atoms. The van der Waals surface area contributed by atoms with E-state index in [-0.39, 0.29) is 23.0 Å². The van der Waals surface area contributed by atoms with Crippen LogP contribution in [0.25, 0.3) is 0 Å². The van der Waals surface area contributed by atoms with E-state index in [2.05, 4.69) is 27.9 Å². The van der Waals surface area contributed by atoms with Gasteiger partial charge in [0.05, 0.1) is 5.25 Å². The zero-order valence-corrected chi connectivity index (χ0v) is 16.1. The lowest BCUT2D eigenvalue weighted by molar-refractivity contribution is -0.118. The molecule has 2 amide bonds. The molecule has 3 rings (SSSR count). The minimum Gasteiger partial charge on any atom is -0.491 e. The van der Waals surface area contributed by atoms with Gasteiger partial charge in [-0.3, -0.25) is 14.9 Å². The molecule has 0 radical (unpaired) electrons. The molecule has 0 aliphatic carbocycles. The van der Waals surface area contributed by atoms with Crippen LogP contribution in [0.4, 0.5) is 4.79 Å². The number of hydrogen-bond donors (Lipinski definition) is 2. The second kappa shape index (κ2) is 8.20. The number of carbonyl (C=O) groups excluding carboxylic acids is 2. The van der Waals surface area contributed by atoms with Crippen molar-refractivity contribution in [3.8, 4) is 5.75 Å². The monoisotopic (exact) mass is 469 g/mol. The number of aliphatic hydroxyl groups excluding tert-OH is 1. The van der Waals surface area contributed by atoms with Crippen LogP contribution in [0.5, 0.6) is 5.75 Å². The Morgan fingerprint density at radius 2 is 1.80 bits per heavy atom. The van der Waals surface area contributed by atoms with Gasteiger partial charge < -0.3 is 9.84 Å². The van der Waals surface area contributed by atoms with Crippen LogP contribution in [-0.2, 0) is 11.2 Å². The van der Waals surface area contributed by atoms with E-state index in [4.69, 9.17) is 4.74 Å². The second-order valence-electron chi connectivity index (χ2n) is 5.61. The van der Waals surface area contributed by atoms with E-state index in [1.807, 2.05) is 36.4 Å². The summed E-state index contributed by atoms with van der Waals surface area (Å²) >= 11 is 3.24. The minimum atomic E-state index is -0.693. The molecule has 7 heteroatoms. The number of amides is 2. The third-order valence-electron chi connectivity index (χ3n) is 3.77. The third-order valence-corrected chi connectivity index (χ3v) is 5.47. The number of carbonyl (C=O) groups is 2. The summed E-state index contributed by atoms with van der Waals surface area (Å²) in [5.41, 5.74) is 1.76. The predicted molar refractivity (Wildman–Crippen MR) is 105 cm³/mol. The molecule has 0 saturated carbocycles. The fourth-order valence-electron chi connectivity index (χ4n) is 2.42. The van der Waals surface area contributed by atoms with Gasteiger partial charge in [-0.25, -0.2) is 0 Å². The average molecular weight is 469 g/mol. The van der Waals surface area contributed by atoms with Crippen LogP contribution >= 0.6 is 34.4 Å². The fraction of sp³-hybridized carbons (Fsp3) is 0.222. The molecule has 2 unspecified atom stereocenters. The number of imide groups is 1. The maximum atomic E-state index is 11.6. The van der Waals surface area contributed by atoms with Gasteiger partial charge in [0.15, 0.2) is 0 Å². The lowest BCUT2D eigenvalue weighted by Gasteiger charge is -2.13. The molecular weight excluding hydrogens is 453 g/mol. The molecule has 2 aromatic rings. The van der Waals surface area contributed by atoms with Gasteiger partial charge in [0, 0.05) is 3.57 Å². The summed E-state index contributed by atoms with van der Waals surface area (Å²) in [6.07, 6.45) is -0.199. The molecule has 1 heterocycles. The lowest BCUT2D eigenvalue weighted by atomic mass is 10.1. The minimum absolute atomic E-state index is 0.162. The first-order chi connectivity index (χ1) is 12.0. The molecule has 130 valence electrons. The molecule has 0 bridgehead atoms. The summed E-state index contributed by atoms with van der Waals surface area (Å²) in [6, 6.07) is 15.0. The molecule has 1 fully saturated rings. The first-order valence-corrected chi connectivity index (χ1v) is 9.64. The summed E-state index contributed by atoms with van der Waals surface area (Å²) in [5, 5.41) is 11.8. The Morgan fingerprint density at radius 3 is 2.40 bits per heavy atom. The molecule has 1 saturated heterocycles. The first-order valence-electron chi connectivity index (χ1n) is 7.68. The van der Waals surface area contributed by atoms with Crippen LogP contribution in [0, 0.1) is 3.57 Å². The molecule has 1 aliphatic rings. The number of rotatable bonds is 6. The van der Waals surface area contributed by atoms with Crippen LogP contribution in [0.15, 0.2) is 48.5 Å². The van der Waals surface area contributed by atoms with Gasteiger partial charge in [0.25, 0.3) is 5.24 Å². The van der Waals surface area contributed by atoms with Gasteiger partial charge in [-0.05, 0) is 64.4 Å². The van der Waals surface area contributed by atoms with Crippen molar-refractivity contribution < 1.29 is 19.4 Å². The summed E-state index contributed by atoms with van der Waals surface area (Å²) in [4.78, 5) is 22.8. The van der Waals surface area contributed by atoms with E-state index < -0.39 is 6.10 Å². The fourth-order valence-corrected chi connectivity index (χ4v) is 3.64. The van der Waals surface area contributed by atoms with E-state index in [1.54, 1.807) is 12.1 Å². The van der Waals surface area contributed by atoms with E-state index in [0.717, 1.165) is 26.5 Å². The van der Waals surface area contributed by atoms with Gasteiger partial charge in [-0.1, -0.05) is 36.0 Å². The SMILES string of the molecule is O=C1NC(=O)C(Cc2ccc(OCC(O)c3ccc(I)cc3)cc2)S1. The Hall–Kier alpha value is -1.58. The Morgan fingerprint density at radius 1 is 1.12 bits per heavy atom. The maximum absolute atomic E-state index is 11.6. The van der Waals surface area contributed by atoms with Gasteiger partial charge in [-0.2, -0.15) is 0 Å². The molecule has 0 aromatic heterocycles. The molecule has 5 nitrogen and oxygen atoms in total. The van der Waals surface area contributed by atoms with Crippen LogP contribution in [0.3, 0.4) is 0 Å². The number of ether oxygens (including phenoxy) is 1. The van der Waals surface area contributed by atoms with Crippen LogP contribution in [0.1, 0.15) is 17.2 Å². The van der Waals surface area contributed by atoms with Crippen molar-refractivity contribution in [1.82, 2.24) is 5.32 Å². The van der Waals surface area contributed by atoms with Crippen molar-refractivity contribution >= 4 is 45.5 Å². The van der Waals surface area contributed by atoms with E-state index in [0.29, 0.717) is 12.2 Å². The highest BCUT2D eigenvalue weighted by molar-refractivity contribution is 14.1. The van der Waals surface area contributed by atoms with E-state index in [9.17, 15) is 14.7 Å². The lowest BCUT2D eigenvalue weighted by Crippen LogP contribution is -2.25. The quantitative estimate of drug-likeness (QED) is 0.636. The van der Waals surface area contributed by atoms with E-state index >= 15 is 0 Å². The molecule has 2 N–H and O–H groups in total. The summed E-state index contributed by atoms with van der Waals surface area (Å²) in [6.45, 7) is 0.162. The van der Waals surface area contributed by atoms with Crippen molar-refractivity contribution in [2.45, 2.75) is 17.8 Å². The summed E-state index contributed by atoms with van der Waals surface area (Å²) in [7, 11) is 0. The number of benzene rings is 2. The van der Waals surface area contributed by atoms with E-state index in [1.165, 1.54) is 0 Å². The summed E-state index contributed by atoms with van der Waals surface area (Å²) in [5.74, 6) is 0.406. The Kier molecular flexibility index (Phi) is 5.98. The second-order valence-corrected chi connectivity index (χ2v) is 8.03. The normalized spacial score (nSPS) is 18.1. The highest BCUT2D eigenvalue weighted by Gasteiger charge is 2.31. The smallest absolute Gasteiger partial charge is 0.286 e.